The predicted molar refractivity (Wildman–Crippen MR) is 60.5 cm³/mol. The molecule has 0 bridgehead atoms. The molecule has 0 aromatic carbocycles. The second-order valence-corrected chi connectivity index (χ2v) is 4.11. The van der Waals surface area contributed by atoms with Crippen molar-refractivity contribution in [2.75, 3.05) is 19.8 Å². The van der Waals surface area contributed by atoms with Crippen LogP contribution in [0.15, 0.2) is 22.8 Å². The Morgan fingerprint density at radius 3 is 2.76 bits per heavy atom. The summed E-state index contributed by atoms with van der Waals surface area (Å²) in [6.45, 7) is -0.337. The molecule has 0 aliphatic rings. The van der Waals surface area contributed by atoms with Gasteiger partial charge >= 0.3 is 6.18 Å². The fraction of sp³-hybridized carbons (Fsp3) is 0.500. The van der Waals surface area contributed by atoms with Crippen molar-refractivity contribution in [1.29, 1.82) is 0 Å². The lowest BCUT2D eigenvalue weighted by Crippen LogP contribution is -2.23. The number of aromatic nitrogens is 1. The predicted octanol–water partition coefficient (Wildman–Crippen LogP) is 2.51. The van der Waals surface area contributed by atoms with Crippen LogP contribution in [0.5, 0.6) is 0 Å². The number of nitrogens with one attached hydrogen (secondary N) is 1. The number of alkyl halides is 3. The van der Waals surface area contributed by atoms with Crippen molar-refractivity contribution in [2.24, 2.45) is 0 Å². The first-order valence-corrected chi connectivity index (χ1v) is 5.73. The number of rotatable bonds is 6. The minimum absolute atomic E-state index is 0.0213. The van der Waals surface area contributed by atoms with E-state index in [0.717, 1.165) is 10.3 Å². The first kappa shape index (κ1) is 14.4. The summed E-state index contributed by atoms with van der Waals surface area (Å²) < 4.78 is 40.3. The van der Waals surface area contributed by atoms with Crippen molar-refractivity contribution in [2.45, 2.75) is 12.7 Å². The van der Waals surface area contributed by atoms with Gasteiger partial charge in [0.05, 0.1) is 12.3 Å². The lowest BCUT2D eigenvalue weighted by atomic mass is 10.3. The Bertz CT molecular complexity index is 347. The van der Waals surface area contributed by atoms with Crippen molar-refractivity contribution < 1.29 is 17.9 Å². The second kappa shape index (κ2) is 6.93. The molecule has 1 N–H and O–H groups in total. The van der Waals surface area contributed by atoms with Crippen LogP contribution in [-0.2, 0) is 11.3 Å². The standard InChI is InChI=1S/C10H12BrF3N2O/c11-9-3-1-2-8(16-9)6-15-4-5-17-7-10(12,13)14/h1-3,15H,4-7H2. The van der Waals surface area contributed by atoms with Gasteiger partial charge in [-0.1, -0.05) is 6.07 Å². The Morgan fingerprint density at radius 1 is 1.35 bits per heavy atom. The zero-order chi connectivity index (χ0) is 12.7. The maximum Gasteiger partial charge on any atom is 0.411 e. The molecule has 0 aliphatic carbocycles. The van der Waals surface area contributed by atoms with Crippen molar-refractivity contribution in [3.8, 4) is 0 Å². The summed E-state index contributed by atoms with van der Waals surface area (Å²) in [5, 5.41) is 2.94. The third kappa shape index (κ3) is 7.30. The molecule has 1 heterocycles. The van der Waals surface area contributed by atoms with Gasteiger partial charge in [-0.05, 0) is 28.1 Å². The summed E-state index contributed by atoms with van der Waals surface area (Å²) >= 11 is 3.23. The van der Waals surface area contributed by atoms with Gasteiger partial charge in [0.15, 0.2) is 0 Å². The number of pyridine rings is 1. The quantitative estimate of drug-likeness (QED) is 0.647. The summed E-state index contributed by atoms with van der Waals surface area (Å²) in [4.78, 5) is 4.16. The fourth-order valence-electron chi connectivity index (χ4n) is 1.10. The van der Waals surface area contributed by atoms with Gasteiger partial charge in [0, 0.05) is 13.1 Å². The van der Waals surface area contributed by atoms with Gasteiger partial charge in [-0.25, -0.2) is 4.98 Å². The van der Waals surface area contributed by atoms with Crippen LogP contribution in [0, 0.1) is 0 Å². The van der Waals surface area contributed by atoms with Crippen molar-refractivity contribution in [3.05, 3.63) is 28.5 Å². The fourth-order valence-corrected chi connectivity index (χ4v) is 1.48. The van der Waals surface area contributed by atoms with Gasteiger partial charge < -0.3 is 10.1 Å². The summed E-state index contributed by atoms with van der Waals surface area (Å²) in [6, 6.07) is 5.47. The molecule has 1 aromatic heterocycles. The number of ether oxygens (including phenoxy) is 1. The van der Waals surface area contributed by atoms with Gasteiger partial charge in [0.1, 0.15) is 11.2 Å². The van der Waals surface area contributed by atoms with Gasteiger partial charge in [-0.2, -0.15) is 13.2 Å². The molecule has 0 amide bonds. The Hall–Kier alpha value is -0.660. The van der Waals surface area contributed by atoms with Crippen LogP contribution in [0.1, 0.15) is 5.69 Å². The third-order valence-electron chi connectivity index (χ3n) is 1.77. The van der Waals surface area contributed by atoms with Crippen LogP contribution in [0.25, 0.3) is 0 Å². The van der Waals surface area contributed by atoms with Crippen molar-refractivity contribution in [1.82, 2.24) is 10.3 Å². The maximum absolute atomic E-state index is 11.7. The summed E-state index contributed by atoms with van der Waals surface area (Å²) in [5.74, 6) is 0. The molecule has 3 nitrogen and oxygen atoms in total. The van der Waals surface area contributed by atoms with Crippen molar-refractivity contribution >= 4 is 15.9 Å². The van der Waals surface area contributed by atoms with Crippen LogP contribution in [0.3, 0.4) is 0 Å². The lowest BCUT2D eigenvalue weighted by molar-refractivity contribution is -0.173. The summed E-state index contributed by atoms with van der Waals surface area (Å²) in [6.07, 6.45) is -4.26. The Labute approximate surface area is 106 Å². The largest absolute Gasteiger partial charge is 0.411 e. The SMILES string of the molecule is FC(F)(F)COCCNCc1cccc(Br)n1. The average Bonchev–Trinajstić information content (AvgIpc) is 2.22. The molecule has 17 heavy (non-hydrogen) atoms. The molecule has 0 saturated heterocycles. The molecular formula is C10H12BrF3N2O. The first-order chi connectivity index (χ1) is 7.97. The lowest BCUT2D eigenvalue weighted by Gasteiger charge is -2.08. The zero-order valence-corrected chi connectivity index (χ0v) is 10.5. The van der Waals surface area contributed by atoms with Gasteiger partial charge in [-0.15, -0.1) is 0 Å². The van der Waals surface area contributed by atoms with Crippen LogP contribution >= 0.6 is 15.9 Å². The molecule has 0 aliphatic heterocycles. The average molecular weight is 313 g/mol. The molecule has 1 rings (SSSR count). The molecule has 1 aromatic rings. The third-order valence-corrected chi connectivity index (χ3v) is 2.21. The van der Waals surface area contributed by atoms with Crippen LogP contribution in [0.4, 0.5) is 13.2 Å². The molecule has 0 radical (unpaired) electrons. The molecular weight excluding hydrogens is 301 g/mol. The van der Waals surface area contributed by atoms with E-state index in [1.54, 1.807) is 6.07 Å². The van der Waals surface area contributed by atoms with E-state index >= 15 is 0 Å². The highest BCUT2D eigenvalue weighted by molar-refractivity contribution is 9.10. The Kier molecular flexibility index (Phi) is 5.87. The number of halogens is 4. The minimum Gasteiger partial charge on any atom is -0.371 e. The summed E-state index contributed by atoms with van der Waals surface area (Å²) in [5.41, 5.74) is 0.815. The first-order valence-electron chi connectivity index (χ1n) is 4.94. The number of nitrogens with zero attached hydrogens (tertiary/aromatic N) is 1. The Balaban J connectivity index is 2.09. The maximum atomic E-state index is 11.7. The molecule has 0 atom stereocenters. The van der Waals surface area contributed by atoms with Gasteiger partial charge in [-0.3, -0.25) is 0 Å². The molecule has 0 saturated carbocycles. The molecule has 7 heteroatoms. The smallest absolute Gasteiger partial charge is 0.371 e. The van der Waals surface area contributed by atoms with E-state index in [1.165, 1.54) is 0 Å². The number of hydrogen-bond acceptors (Lipinski definition) is 3. The van der Waals surface area contributed by atoms with E-state index in [-0.39, 0.29) is 6.61 Å². The van der Waals surface area contributed by atoms with Gasteiger partial charge in [0.2, 0.25) is 0 Å². The van der Waals surface area contributed by atoms with Gasteiger partial charge in [0.25, 0.3) is 0 Å². The molecule has 0 fully saturated rings. The molecule has 96 valence electrons. The zero-order valence-electron chi connectivity index (χ0n) is 8.93. The highest BCUT2D eigenvalue weighted by Gasteiger charge is 2.27. The van der Waals surface area contributed by atoms with E-state index in [2.05, 4.69) is 31.0 Å². The van der Waals surface area contributed by atoms with Crippen LogP contribution in [-0.4, -0.2) is 30.9 Å². The van der Waals surface area contributed by atoms with Crippen LogP contribution < -0.4 is 5.32 Å². The topological polar surface area (TPSA) is 34.1 Å². The monoisotopic (exact) mass is 312 g/mol. The number of hydrogen-bond donors (Lipinski definition) is 1. The van der Waals surface area contributed by atoms with E-state index in [1.807, 2.05) is 12.1 Å². The molecule has 0 spiro atoms. The second-order valence-electron chi connectivity index (χ2n) is 3.30. The summed E-state index contributed by atoms with van der Waals surface area (Å²) in [7, 11) is 0. The normalized spacial score (nSPS) is 11.8. The van der Waals surface area contributed by atoms with Crippen LogP contribution in [0.2, 0.25) is 0 Å². The van der Waals surface area contributed by atoms with E-state index in [9.17, 15) is 13.2 Å². The highest BCUT2D eigenvalue weighted by atomic mass is 79.9. The van der Waals surface area contributed by atoms with E-state index in [4.69, 9.17) is 0 Å². The van der Waals surface area contributed by atoms with Crippen molar-refractivity contribution in [3.63, 3.8) is 0 Å². The minimum atomic E-state index is -4.26. The molecule has 0 unspecified atom stereocenters. The Morgan fingerprint density at radius 2 is 2.12 bits per heavy atom. The van der Waals surface area contributed by atoms with E-state index < -0.39 is 12.8 Å². The van der Waals surface area contributed by atoms with E-state index in [0.29, 0.717) is 13.1 Å². The highest BCUT2D eigenvalue weighted by Crippen LogP contribution is 2.13.